The van der Waals surface area contributed by atoms with Crippen LogP contribution < -0.4 is 5.32 Å². The van der Waals surface area contributed by atoms with E-state index in [2.05, 4.69) is 31.1 Å². The molecule has 2 rings (SSSR count). The molecule has 0 radical (unpaired) electrons. The Balaban J connectivity index is 2.24. The minimum Gasteiger partial charge on any atom is -0.309 e. The second-order valence-electron chi connectivity index (χ2n) is 6.26. The predicted molar refractivity (Wildman–Crippen MR) is 75.0 cm³/mol. The van der Waals surface area contributed by atoms with E-state index in [1.165, 1.54) is 11.3 Å². The van der Waals surface area contributed by atoms with Crippen molar-refractivity contribution < 1.29 is 13.2 Å². The summed E-state index contributed by atoms with van der Waals surface area (Å²) in [4.78, 5) is 5.26. The highest BCUT2D eigenvalue weighted by Crippen LogP contribution is 2.43. The number of nitrogens with zero attached hydrogens (tertiary/aromatic N) is 1. The van der Waals surface area contributed by atoms with Crippen LogP contribution in [0.15, 0.2) is 0 Å². The smallest absolute Gasteiger partial charge is 0.309 e. The molecule has 6 heteroatoms. The number of halogens is 3. The van der Waals surface area contributed by atoms with Crippen molar-refractivity contribution in [2.24, 2.45) is 5.41 Å². The number of alkyl halides is 3. The molecule has 0 saturated heterocycles. The standard InChI is InChI=1S/C14H21F3N2S/c1-4-5-18-9-6-13(2,3)7-10-12(9)20-11(19-10)8-14(15,16)17/h9,18H,4-8H2,1-3H3. The Kier molecular flexibility index (Phi) is 4.44. The molecule has 0 amide bonds. The maximum absolute atomic E-state index is 12.5. The Morgan fingerprint density at radius 3 is 2.70 bits per heavy atom. The monoisotopic (exact) mass is 306 g/mol. The van der Waals surface area contributed by atoms with Gasteiger partial charge in [-0.1, -0.05) is 20.8 Å². The molecule has 114 valence electrons. The van der Waals surface area contributed by atoms with Gasteiger partial charge in [-0.25, -0.2) is 4.98 Å². The Hall–Kier alpha value is -0.620. The summed E-state index contributed by atoms with van der Waals surface area (Å²) in [6.07, 6.45) is -2.36. The highest BCUT2D eigenvalue weighted by Gasteiger charge is 2.36. The normalized spacial score (nSPS) is 21.8. The van der Waals surface area contributed by atoms with Crippen LogP contribution in [0.5, 0.6) is 0 Å². The van der Waals surface area contributed by atoms with Crippen LogP contribution in [0.4, 0.5) is 13.2 Å². The zero-order valence-corrected chi connectivity index (χ0v) is 12.9. The summed E-state index contributed by atoms with van der Waals surface area (Å²) < 4.78 is 37.5. The van der Waals surface area contributed by atoms with E-state index in [0.29, 0.717) is 0 Å². The van der Waals surface area contributed by atoms with Gasteiger partial charge in [0, 0.05) is 10.9 Å². The molecule has 1 aromatic heterocycles. The molecular weight excluding hydrogens is 285 g/mol. The minimum atomic E-state index is -4.18. The molecule has 1 aliphatic carbocycles. The van der Waals surface area contributed by atoms with Gasteiger partial charge in [0.25, 0.3) is 0 Å². The van der Waals surface area contributed by atoms with Gasteiger partial charge in [0.1, 0.15) is 5.01 Å². The zero-order chi connectivity index (χ0) is 15.0. The van der Waals surface area contributed by atoms with E-state index in [9.17, 15) is 13.2 Å². The van der Waals surface area contributed by atoms with E-state index < -0.39 is 12.6 Å². The number of fused-ring (bicyclic) bond motifs is 1. The van der Waals surface area contributed by atoms with Crippen molar-refractivity contribution in [1.29, 1.82) is 0 Å². The van der Waals surface area contributed by atoms with E-state index in [1.807, 2.05) is 0 Å². The van der Waals surface area contributed by atoms with Crippen molar-refractivity contribution in [3.05, 3.63) is 15.6 Å². The van der Waals surface area contributed by atoms with Crippen LogP contribution in [0, 0.1) is 5.41 Å². The quantitative estimate of drug-likeness (QED) is 0.899. The lowest BCUT2D eigenvalue weighted by molar-refractivity contribution is -0.127. The summed E-state index contributed by atoms with van der Waals surface area (Å²) in [6.45, 7) is 7.27. The van der Waals surface area contributed by atoms with E-state index in [4.69, 9.17) is 0 Å². The third kappa shape index (κ3) is 3.95. The summed E-state index contributed by atoms with van der Waals surface area (Å²) in [7, 11) is 0. The molecule has 2 nitrogen and oxygen atoms in total. The Morgan fingerprint density at radius 1 is 1.40 bits per heavy atom. The van der Waals surface area contributed by atoms with Crippen LogP contribution in [0.3, 0.4) is 0 Å². The van der Waals surface area contributed by atoms with Gasteiger partial charge in [-0.05, 0) is 31.2 Å². The maximum atomic E-state index is 12.5. The van der Waals surface area contributed by atoms with Gasteiger partial charge in [0.05, 0.1) is 12.1 Å². The lowest BCUT2D eigenvalue weighted by atomic mass is 9.76. The maximum Gasteiger partial charge on any atom is 0.395 e. The van der Waals surface area contributed by atoms with E-state index >= 15 is 0 Å². The molecule has 0 aliphatic heterocycles. The number of hydrogen-bond acceptors (Lipinski definition) is 3. The fourth-order valence-electron chi connectivity index (χ4n) is 2.71. The van der Waals surface area contributed by atoms with Crippen LogP contribution in [0.1, 0.15) is 55.2 Å². The van der Waals surface area contributed by atoms with Crippen molar-refractivity contribution >= 4 is 11.3 Å². The minimum absolute atomic E-state index is 0.0853. The first-order valence-electron chi connectivity index (χ1n) is 6.99. The highest BCUT2D eigenvalue weighted by atomic mass is 32.1. The number of thiazole rings is 1. The summed E-state index contributed by atoms with van der Waals surface area (Å²) in [6, 6.07) is 0.146. The predicted octanol–water partition coefficient (Wildman–Crippen LogP) is 4.26. The number of aromatic nitrogens is 1. The Labute approximate surface area is 121 Å². The lowest BCUT2D eigenvalue weighted by Gasteiger charge is -2.34. The first-order chi connectivity index (χ1) is 9.20. The molecule has 1 atom stereocenters. The summed E-state index contributed by atoms with van der Waals surface area (Å²) in [5.41, 5.74) is 0.946. The summed E-state index contributed by atoms with van der Waals surface area (Å²) in [5.74, 6) is 0. The van der Waals surface area contributed by atoms with Gasteiger partial charge in [-0.15, -0.1) is 11.3 Å². The van der Waals surface area contributed by atoms with E-state index in [1.54, 1.807) is 0 Å². The molecule has 1 aliphatic rings. The Morgan fingerprint density at radius 2 is 2.10 bits per heavy atom. The zero-order valence-electron chi connectivity index (χ0n) is 12.1. The SMILES string of the molecule is CCCNC1CC(C)(C)Cc2nc(CC(F)(F)F)sc21. The van der Waals surface area contributed by atoms with E-state index in [-0.39, 0.29) is 16.5 Å². The van der Waals surface area contributed by atoms with Gasteiger partial charge in [-0.3, -0.25) is 0 Å². The third-order valence-corrected chi connectivity index (χ3v) is 4.69. The molecular formula is C14H21F3N2S. The molecule has 1 N–H and O–H groups in total. The molecule has 1 heterocycles. The van der Waals surface area contributed by atoms with Gasteiger partial charge >= 0.3 is 6.18 Å². The van der Waals surface area contributed by atoms with Crippen molar-refractivity contribution in [1.82, 2.24) is 10.3 Å². The molecule has 1 unspecified atom stereocenters. The summed E-state index contributed by atoms with van der Waals surface area (Å²) in [5, 5.41) is 3.65. The van der Waals surface area contributed by atoms with Gasteiger partial charge in [-0.2, -0.15) is 13.2 Å². The molecule has 0 fully saturated rings. The second-order valence-corrected chi connectivity index (χ2v) is 7.38. The highest BCUT2D eigenvalue weighted by molar-refractivity contribution is 7.11. The van der Waals surface area contributed by atoms with Gasteiger partial charge in [0.15, 0.2) is 0 Å². The van der Waals surface area contributed by atoms with Crippen LogP contribution in [-0.4, -0.2) is 17.7 Å². The first-order valence-corrected chi connectivity index (χ1v) is 7.80. The van der Waals surface area contributed by atoms with Crippen molar-refractivity contribution in [3.8, 4) is 0 Å². The average molecular weight is 306 g/mol. The number of hydrogen-bond donors (Lipinski definition) is 1. The molecule has 0 spiro atoms. The lowest BCUT2D eigenvalue weighted by Crippen LogP contribution is -2.33. The molecule has 1 aromatic rings. The molecule has 0 saturated carbocycles. The largest absolute Gasteiger partial charge is 0.395 e. The van der Waals surface area contributed by atoms with Crippen LogP contribution in [-0.2, 0) is 12.8 Å². The second kappa shape index (κ2) is 5.64. The molecule has 0 aromatic carbocycles. The van der Waals surface area contributed by atoms with Crippen molar-refractivity contribution in [3.63, 3.8) is 0 Å². The van der Waals surface area contributed by atoms with Crippen LogP contribution in [0.25, 0.3) is 0 Å². The fraction of sp³-hybridized carbons (Fsp3) is 0.786. The van der Waals surface area contributed by atoms with Crippen LogP contribution >= 0.6 is 11.3 Å². The first kappa shape index (κ1) is 15.8. The number of nitrogens with one attached hydrogen (secondary N) is 1. The van der Waals surface area contributed by atoms with Crippen molar-refractivity contribution in [2.75, 3.05) is 6.54 Å². The Bertz CT molecular complexity index is 465. The van der Waals surface area contributed by atoms with Gasteiger partial charge in [0.2, 0.25) is 0 Å². The number of rotatable bonds is 4. The summed E-state index contributed by atoms with van der Waals surface area (Å²) >= 11 is 1.23. The van der Waals surface area contributed by atoms with Gasteiger partial charge < -0.3 is 5.32 Å². The third-order valence-electron chi connectivity index (χ3n) is 3.48. The average Bonchev–Trinajstić information content (AvgIpc) is 2.63. The van der Waals surface area contributed by atoms with Crippen LogP contribution in [0.2, 0.25) is 0 Å². The van der Waals surface area contributed by atoms with Crippen molar-refractivity contribution in [2.45, 2.75) is 58.7 Å². The molecule has 0 bridgehead atoms. The topological polar surface area (TPSA) is 24.9 Å². The fourth-order valence-corrected chi connectivity index (χ4v) is 3.90. The molecule has 20 heavy (non-hydrogen) atoms. The van der Waals surface area contributed by atoms with E-state index in [0.717, 1.165) is 36.4 Å².